The lowest BCUT2D eigenvalue weighted by Crippen LogP contribution is -2.48. The molecule has 4 rings (SSSR count). The molecule has 1 aromatic heterocycles. The van der Waals surface area contributed by atoms with Crippen LogP contribution in [0.5, 0.6) is 5.75 Å². The third-order valence-electron chi connectivity index (χ3n) is 6.23. The Kier molecular flexibility index (Phi) is 6.47. The number of methoxy groups -OCH3 is 1. The molecule has 5 nitrogen and oxygen atoms in total. The molecule has 2 aliphatic heterocycles. The van der Waals surface area contributed by atoms with Crippen molar-refractivity contribution < 1.29 is 4.74 Å². The molecule has 2 aromatic rings. The maximum absolute atomic E-state index is 5.39. The standard InChI is InChI=1S/C22H29BrN4O/c1-28-20-3-4-21(23)18(16-20)15-17-5-11-26(12-6-17)19-7-13-27(14-8-19)22-24-9-2-10-25-22/h2-4,9-10,16-17,19H,5-8,11-15H2,1H3. The number of hydrogen-bond acceptors (Lipinski definition) is 5. The molecule has 0 N–H and O–H groups in total. The molecule has 0 atom stereocenters. The first-order valence-corrected chi connectivity index (χ1v) is 11.1. The molecule has 2 aliphatic rings. The second kappa shape index (κ2) is 9.23. The minimum atomic E-state index is 0.712. The summed E-state index contributed by atoms with van der Waals surface area (Å²) in [6.45, 7) is 4.56. The van der Waals surface area contributed by atoms with E-state index in [-0.39, 0.29) is 0 Å². The highest BCUT2D eigenvalue weighted by molar-refractivity contribution is 9.10. The smallest absolute Gasteiger partial charge is 0.225 e. The largest absolute Gasteiger partial charge is 0.497 e. The minimum Gasteiger partial charge on any atom is -0.497 e. The highest BCUT2D eigenvalue weighted by Crippen LogP contribution is 2.30. The van der Waals surface area contributed by atoms with Crippen molar-refractivity contribution in [3.05, 3.63) is 46.7 Å². The van der Waals surface area contributed by atoms with E-state index >= 15 is 0 Å². The van der Waals surface area contributed by atoms with Crippen molar-refractivity contribution in [3.63, 3.8) is 0 Å². The molecular weight excluding hydrogens is 416 g/mol. The maximum Gasteiger partial charge on any atom is 0.225 e. The first-order valence-electron chi connectivity index (χ1n) is 10.3. The summed E-state index contributed by atoms with van der Waals surface area (Å²) in [5.41, 5.74) is 1.37. The van der Waals surface area contributed by atoms with Gasteiger partial charge in [-0.15, -0.1) is 0 Å². The van der Waals surface area contributed by atoms with E-state index in [1.807, 2.05) is 24.5 Å². The van der Waals surface area contributed by atoms with Crippen LogP contribution in [-0.2, 0) is 6.42 Å². The monoisotopic (exact) mass is 444 g/mol. The molecule has 0 bridgehead atoms. The number of hydrogen-bond donors (Lipinski definition) is 0. The molecule has 0 spiro atoms. The lowest BCUT2D eigenvalue weighted by Gasteiger charge is -2.42. The number of nitrogens with zero attached hydrogens (tertiary/aromatic N) is 4. The average Bonchev–Trinajstić information content (AvgIpc) is 2.76. The number of piperidine rings is 2. The van der Waals surface area contributed by atoms with Gasteiger partial charge in [-0.3, -0.25) is 0 Å². The second-order valence-corrected chi connectivity index (χ2v) is 8.76. The Morgan fingerprint density at radius 1 is 1.04 bits per heavy atom. The van der Waals surface area contributed by atoms with Gasteiger partial charge in [0.05, 0.1) is 7.11 Å². The van der Waals surface area contributed by atoms with Gasteiger partial charge in [0, 0.05) is 36.0 Å². The van der Waals surface area contributed by atoms with Gasteiger partial charge in [0.15, 0.2) is 0 Å². The minimum absolute atomic E-state index is 0.712. The molecule has 2 saturated heterocycles. The van der Waals surface area contributed by atoms with E-state index in [1.165, 1.54) is 48.8 Å². The summed E-state index contributed by atoms with van der Waals surface area (Å²) in [4.78, 5) is 13.8. The van der Waals surface area contributed by atoms with Crippen molar-refractivity contribution in [2.45, 2.75) is 38.1 Å². The third-order valence-corrected chi connectivity index (χ3v) is 7.00. The van der Waals surface area contributed by atoms with Crippen LogP contribution >= 0.6 is 15.9 Å². The fourth-order valence-corrected chi connectivity index (χ4v) is 4.96. The van der Waals surface area contributed by atoms with Crippen molar-refractivity contribution in [3.8, 4) is 5.75 Å². The van der Waals surface area contributed by atoms with Gasteiger partial charge in [0.25, 0.3) is 0 Å². The zero-order chi connectivity index (χ0) is 19.3. The Morgan fingerprint density at radius 2 is 1.75 bits per heavy atom. The van der Waals surface area contributed by atoms with Gasteiger partial charge in [-0.2, -0.15) is 0 Å². The van der Waals surface area contributed by atoms with Crippen LogP contribution in [0.1, 0.15) is 31.2 Å². The predicted molar refractivity (Wildman–Crippen MR) is 116 cm³/mol. The topological polar surface area (TPSA) is 41.5 Å². The number of halogens is 1. The van der Waals surface area contributed by atoms with E-state index in [0.29, 0.717) is 6.04 Å². The van der Waals surface area contributed by atoms with Gasteiger partial charge in [0.2, 0.25) is 5.95 Å². The first kappa shape index (κ1) is 19.6. The molecule has 3 heterocycles. The van der Waals surface area contributed by atoms with Gasteiger partial charge in [-0.05, 0) is 80.9 Å². The van der Waals surface area contributed by atoms with Gasteiger partial charge < -0.3 is 14.5 Å². The van der Waals surface area contributed by atoms with E-state index < -0.39 is 0 Å². The van der Waals surface area contributed by atoms with Gasteiger partial charge in [-0.25, -0.2) is 9.97 Å². The summed E-state index contributed by atoms with van der Waals surface area (Å²) >= 11 is 3.70. The SMILES string of the molecule is COc1ccc(Br)c(CC2CCN(C3CCN(c4ncccn4)CC3)CC2)c1. The highest BCUT2D eigenvalue weighted by atomic mass is 79.9. The molecule has 6 heteroatoms. The molecule has 28 heavy (non-hydrogen) atoms. The molecule has 0 radical (unpaired) electrons. The van der Waals surface area contributed by atoms with Crippen LogP contribution < -0.4 is 9.64 Å². The second-order valence-electron chi connectivity index (χ2n) is 7.91. The van der Waals surface area contributed by atoms with E-state index in [0.717, 1.165) is 37.1 Å². The molecule has 150 valence electrons. The fourth-order valence-electron chi connectivity index (χ4n) is 4.55. The van der Waals surface area contributed by atoms with Crippen molar-refractivity contribution >= 4 is 21.9 Å². The molecule has 0 amide bonds. The highest BCUT2D eigenvalue weighted by Gasteiger charge is 2.29. The first-order chi connectivity index (χ1) is 13.7. The van der Waals surface area contributed by atoms with Crippen LogP contribution in [0.3, 0.4) is 0 Å². The average molecular weight is 445 g/mol. The van der Waals surface area contributed by atoms with Crippen molar-refractivity contribution in [2.75, 3.05) is 38.2 Å². The number of anilines is 1. The lowest BCUT2D eigenvalue weighted by atomic mass is 9.88. The molecule has 2 fully saturated rings. The zero-order valence-corrected chi connectivity index (χ0v) is 18.1. The Bertz CT molecular complexity index is 756. The summed E-state index contributed by atoms with van der Waals surface area (Å²) < 4.78 is 6.59. The summed E-state index contributed by atoms with van der Waals surface area (Å²) in [5, 5.41) is 0. The quantitative estimate of drug-likeness (QED) is 0.691. The molecule has 1 aromatic carbocycles. The predicted octanol–water partition coefficient (Wildman–Crippen LogP) is 4.17. The third kappa shape index (κ3) is 4.66. The van der Waals surface area contributed by atoms with Crippen LogP contribution in [0.25, 0.3) is 0 Å². The zero-order valence-electron chi connectivity index (χ0n) is 16.6. The Hall–Kier alpha value is -1.66. The number of aromatic nitrogens is 2. The summed E-state index contributed by atoms with van der Waals surface area (Å²) in [5.74, 6) is 2.59. The molecular formula is C22H29BrN4O. The molecule has 0 aliphatic carbocycles. The summed E-state index contributed by atoms with van der Waals surface area (Å²) in [6, 6.07) is 8.89. The van der Waals surface area contributed by atoms with Gasteiger partial charge in [-0.1, -0.05) is 15.9 Å². The number of ether oxygens (including phenoxy) is 1. The van der Waals surface area contributed by atoms with Crippen LogP contribution in [-0.4, -0.2) is 54.2 Å². The molecule has 0 unspecified atom stereocenters. The van der Waals surface area contributed by atoms with E-state index in [4.69, 9.17) is 4.74 Å². The van der Waals surface area contributed by atoms with Crippen molar-refractivity contribution in [1.82, 2.24) is 14.9 Å². The van der Waals surface area contributed by atoms with E-state index in [9.17, 15) is 0 Å². The van der Waals surface area contributed by atoms with Crippen LogP contribution in [0, 0.1) is 5.92 Å². The van der Waals surface area contributed by atoms with Crippen LogP contribution in [0.15, 0.2) is 41.1 Å². The van der Waals surface area contributed by atoms with Crippen molar-refractivity contribution in [1.29, 1.82) is 0 Å². The summed E-state index contributed by atoms with van der Waals surface area (Å²) in [7, 11) is 1.74. The van der Waals surface area contributed by atoms with Gasteiger partial charge in [0.1, 0.15) is 5.75 Å². The Morgan fingerprint density at radius 3 is 2.43 bits per heavy atom. The van der Waals surface area contributed by atoms with Crippen molar-refractivity contribution in [2.24, 2.45) is 5.92 Å². The normalized spacial score (nSPS) is 19.7. The molecule has 0 saturated carbocycles. The number of rotatable bonds is 5. The lowest BCUT2D eigenvalue weighted by molar-refractivity contribution is 0.115. The van der Waals surface area contributed by atoms with Gasteiger partial charge >= 0.3 is 0 Å². The van der Waals surface area contributed by atoms with Crippen LogP contribution in [0.4, 0.5) is 5.95 Å². The Labute approximate surface area is 176 Å². The number of benzene rings is 1. The maximum atomic E-state index is 5.39. The number of likely N-dealkylation sites (tertiary alicyclic amines) is 1. The van der Waals surface area contributed by atoms with E-state index in [1.54, 1.807) is 7.11 Å². The van der Waals surface area contributed by atoms with E-state index in [2.05, 4.69) is 47.8 Å². The Balaban J connectivity index is 1.26. The summed E-state index contributed by atoms with van der Waals surface area (Å²) in [6.07, 6.45) is 9.79. The fraction of sp³-hybridized carbons (Fsp3) is 0.545. The van der Waals surface area contributed by atoms with Crippen LogP contribution in [0.2, 0.25) is 0 Å².